The highest BCUT2D eigenvalue weighted by atomic mass is 28.4. The molecule has 1 atom stereocenters. The van der Waals surface area contributed by atoms with Gasteiger partial charge in [-0.1, -0.05) is 98.9 Å². The third kappa shape index (κ3) is 72.2. The largest absolute Gasteiger partial charge is 0.481 e. The van der Waals surface area contributed by atoms with Gasteiger partial charge in [-0.2, -0.15) is 0 Å². The van der Waals surface area contributed by atoms with Gasteiger partial charge < -0.3 is 67.5 Å². The van der Waals surface area contributed by atoms with E-state index in [9.17, 15) is 19.2 Å². The smallest absolute Gasteiger partial charge is 0.305 e. The number of rotatable bonds is 51. The van der Waals surface area contributed by atoms with E-state index in [2.05, 4.69) is 13.1 Å². The molecule has 0 spiro atoms. The van der Waals surface area contributed by atoms with Crippen LogP contribution in [0, 0.1) is 0 Å². The molecule has 0 aromatic carbocycles. The van der Waals surface area contributed by atoms with Crippen molar-refractivity contribution in [2.75, 3.05) is 126 Å². The normalized spacial score (nSPS) is 11.0. The molecule has 0 aromatic heterocycles. The summed E-state index contributed by atoms with van der Waals surface area (Å²) in [6, 6.07) is 5.27. The third-order valence-corrected chi connectivity index (χ3v) is 18.3. The molecule has 20 heteroatoms. The Morgan fingerprint density at radius 2 is 0.486 bits per heavy atom. The van der Waals surface area contributed by atoms with E-state index in [0.717, 1.165) is 81.6 Å². The van der Waals surface area contributed by atoms with Crippen LogP contribution < -0.4 is 0 Å². The Labute approximate surface area is 445 Å². The topological polar surface area (TPSA) is 241 Å². The van der Waals surface area contributed by atoms with Crippen LogP contribution in [0.5, 0.6) is 0 Å². The molecule has 1 unspecified atom stereocenters. The minimum absolute atomic E-state index is 0. The maximum atomic E-state index is 10.6. The maximum Gasteiger partial charge on any atom is 0.305 e. The fourth-order valence-corrected chi connectivity index (χ4v) is 13.1. The number of carbonyl (C=O) groups is 4. The zero-order valence-electron chi connectivity index (χ0n) is 38.0. The Kier molecular flexibility index (Phi) is 91.6. The molecule has 446 valence electrons. The second-order valence-corrected chi connectivity index (χ2v) is 25.1. The Bertz CT molecular complexity index is 947. The van der Waals surface area contributed by atoms with E-state index >= 15 is 0 Å². The first-order chi connectivity index (χ1) is 29.9. The number of aliphatic carboxylic acids is 4. The van der Waals surface area contributed by atoms with Crippen molar-refractivity contribution in [1.82, 2.24) is 0 Å². The lowest BCUT2D eigenvalue weighted by molar-refractivity contribution is -0.139. The second-order valence-electron chi connectivity index (χ2n) is 15.8. The first-order valence-electron chi connectivity index (χ1n) is 22.6. The SMILES string of the molecule is C.C.C.C.C.C.C.C.C.C.C[Si](CCCOCCOCCC[Si](C)(CCCOCCOCCC(=O)O)OCCCCCOCCC(=O)O)(CCCOCCOCCC(=O)O)CCCOCCOCCC(=O)O. The van der Waals surface area contributed by atoms with Gasteiger partial charge in [-0.15, -0.1) is 0 Å². The Hall–Kier alpha value is -2.09. The Morgan fingerprint density at radius 3 is 0.750 bits per heavy atom. The van der Waals surface area contributed by atoms with E-state index < -0.39 is 40.3 Å². The number of hydrogen-bond donors (Lipinski definition) is 4. The molecule has 72 heavy (non-hydrogen) atoms. The molecule has 0 aliphatic carbocycles. The van der Waals surface area contributed by atoms with Crippen LogP contribution in [0.2, 0.25) is 43.3 Å². The summed E-state index contributed by atoms with van der Waals surface area (Å²) < 4.78 is 56.9. The summed E-state index contributed by atoms with van der Waals surface area (Å²) in [6.07, 6.45) is 7.32. The van der Waals surface area contributed by atoms with E-state index in [1.807, 2.05) is 0 Å². The maximum absolute atomic E-state index is 10.6. The molecule has 4 N–H and O–H groups in total. The average molecular weight is 1090 g/mol. The molecule has 0 amide bonds. The number of carboxylic acids is 4. The van der Waals surface area contributed by atoms with E-state index in [1.165, 1.54) is 0 Å². The van der Waals surface area contributed by atoms with Crippen LogP contribution in [-0.4, -0.2) is 186 Å². The number of hydrogen-bond acceptors (Lipinski definition) is 14. The molecule has 0 aliphatic heterocycles. The Morgan fingerprint density at radius 1 is 0.278 bits per heavy atom. The van der Waals surface area contributed by atoms with Gasteiger partial charge in [-0.05, 0) is 70.0 Å². The molecule has 0 aliphatic rings. The molecule has 18 nitrogen and oxygen atoms in total. The molecular weight excluding hydrogens is 969 g/mol. The summed E-state index contributed by atoms with van der Waals surface area (Å²) >= 11 is 0. The van der Waals surface area contributed by atoms with Crippen molar-refractivity contribution >= 4 is 40.3 Å². The minimum atomic E-state index is -2.03. The first-order valence-corrected chi connectivity index (χ1v) is 28.5. The van der Waals surface area contributed by atoms with Gasteiger partial charge in [0, 0.05) is 46.2 Å². The van der Waals surface area contributed by atoms with E-state index in [4.69, 9.17) is 67.5 Å². The van der Waals surface area contributed by atoms with Crippen molar-refractivity contribution in [3.63, 3.8) is 0 Å². The van der Waals surface area contributed by atoms with Gasteiger partial charge in [-0.25, -0.2) is 0 Å². The summed E-state index contributed by atoms with van der Waals surface area (Å²) in [5, 5.41) is 34.9. The van der Waals surface area contributed by atoms with Gasteiger partial charge in [-0.3, -0.25) is 19.2 Å². The molecule has 0 bridgehead atoms. The van der Waals surface area contributed by atoms with Crippen molar-refractivity contribution < 1.29 is 86.7 Å². The summed E-state index contributed by atoms with van der Waals surface area (Å²) in [4.78, 5) is 42.5. The van der Waals surface area contributed by atoms with E-state index in [0.29, 0.717) is 99.1 Å². The number of carboxylic acid groups (broad SMARTS) is 4. The Balaban J connectivity index is -0.000000413. The predicted octanol–water partition coefficient (Wildman–Crippen LogP) is 12.2. The molecular formula is C52H122O18Si2. The van der Waals surface area contributed by atoms with Crippen molar-refractivity contribution in [1.29, 1.82) is 0 Å². The summed E-state index contributed by atoms with van der Waals surface area (Å²) in [5.74, 6) is -3.50. The summed E-state index contributed by atoms with van der Waals surface area (Å²) in [7, 11) is -3.65. The molecule has 0 radical (unpaired) electrons. The fraction of sp³-hybridized carbons (Fsp3) is 0.923. The molecule has 0 saturated heterocycles. The van der Waals surface area contributed by atoms with E-state index in [-0.39, 0.29) is 126 Å². The van der Waals surface area contributed by atoms with Crippen LogP contribution in [0.15, 0.2) is 0 Å². The van der Waals surface area contributed by atoms with Gasteiger partial charge in [0.05, 0.1) is 113 Å². The highest BCUT2D eigenvalue weighted by Gasteiger charge is 2.28. The van der Waals surface area contributed by atoms with Crippen molar-refractivity contribution in [3.8, 4) is 0 Å². The van der Waals surface area contributed by atoms with Crippen molar-refractivity contribution in [2.45, 2.75) is 195 Å². The second kappa shape index (κ2) is 68.9. The molecule has 0 fully saturated rings. The highest BCUT2D eigenvalue weighted by molar-refractivity contribution is 6.78. The molecule has 0 saturated carbocycles. The standard InChI is InChI=1S/C42H82O18Si2.10CH4/c1-61(35-7-17-53-28-31-57-23-12-40(45)46,36-8-18-54-29-32-58-24-13-41(47)48)34-6-16-52-26-27-55-19-9-37-62(2,38-10-20-56-30-33-59-25-14-42(49)50)60-21-5-3-4-15-51-22-11-39(43)44;;;;;;;;;;/h3-38H2,1-2H3,(H,43,44)(H,45,46)(H,47,48)(H,49,50);10*1H4. The lowest BCUT2D eigenvalue weighted by atomic mass is 10.2. The van der Waals surface area contributed by atoms with Crippen LogP contribution in [0.25, 0.3) is 0 Å². The van der Waals surface area contributed by atoms with E-state index in [1.54, 1.807) is 0 Å². The summed E-state index contributed by atoms with van der Waals surface area (Å²) in [6.45, 7) is 13.3. The zero-order chi connectivity index (χ0) is 45.8. The number of ether oxygens (including phenoxy) is 9. The average Bonchev–Trinajstić information content (AvgIpc) is 3.21. The van der Waals surface area contributed by atoms with Gasteiger partial charge in [0.2, 0.25) is 0 Å². The monoisotopic (exact) mass is 1090 g/mol. The molecule has 0 rings (SSSR count). The number of unbranched alkanes of at least 4 members (excludes halogenated alkanes) is 2. The minimum Gasteiger partial charge on any atom is -0.481 e. The van der Waals surface area contributed by atoms with Crippen molar-refractivity contribution in [3.05, 3.63) is 0 Å². The first kappa shape index (κ1) is 95.7. The lowest BCUT2D eigenvalue weighted by Gasteiger charge is -2.28. The zero-order valence-corrected chi connectivity index (χ0v) is 40.0. The van der Waals surface area contributed by atoms with Gasteiger partial charge >= 0.3 is 23.9 Å². The lowest BCUT2D eigenvalue weighted by Crippen LogP contribution is -2.35. The fourth-order valence-electron chi connectivity index (χ4n) is 6.37. The van der Waals surface area contributed by atoms with Crippen LogP contribution >= 0.6 is 0 Å². The van der Waals surface area contributed by atoms with Crippen LogP contribution in [0.4, 0.5) is 0 Å². The van der Waals surface area contributed by atoms with Crippen molar-refractivity contribution in [2.24, 2.45) is 0 Å². The van der Waals surface area contributed by atoms with Gasteiger partial charge in [0.1, 0.15) is 0 Å². The van der Waals surface area contributed by atoms with Gasteiger partial charge in [0.15, 0.2) is 8.32 Å². The molecule has 0 aromatic rings. The quantitative estimate of drug-likeness (QED) is 0.0327. The van der Waals surface area contributed by atoms with Gasteiger partial charge in [0.25, 0.3) is 0 Å². The predicted molar refractivity (Wildman–Crippen MR) is 304 cm³/mol. The van der Waals surface area contributed by atoms with Crippen LogP contribution in [0.1, 0.15) is 151 Å². The molecule has 0 heterocycles. The highest BCUT2D eigenvalue weighted by Crippen LogP contribution is 2.26. The van der Waals surface area contributed by atoms with Crippen LogP contribution in [0.3, 0.4) is 0 Å². The van der Waals surface area contributed by atoms with Crippen LogP contribution in [-0.2, 0) is 66.2 Å². The summed E-state index contributed by atoms with van der Waals surface area (Å²) in [5.41, 5.74) is 0. The third-order valence-electron chi connectivity index (χ3n) is 9.91.